The van der Waals surface area contributed by atoms with Gasteiger partial charge in [0, 0.05) is 0 Å². The molecular formula is C21H21N6Na3O12S4. The number of rotatable bonds is 13. The Morgan fingerprint density at radius 3 is 1.87 bits per heavy atom. The topological polar surface area (TPSA) is 301 Å². The van der Waals surface area contributed by atoms with Gasteiger partial charge in [-0.2, -0.15) is 5.11 Å². The van der Waals surface area contributed by atoms with Crippen molar-refractivity contribution in [2.75, 3.05) is 23.8 Å². The van der Waals surface area contributed by atoms with Crippen LogP contribution in [-0.2, 0) is 43.6 Å². The fourth-order valence-corrected chi connectivity index (χ4v) is 5.71. The second-order valence-corrected chi connectivity index (χ2v) is 13.0. The monoisotopic (exact) mass is 746 g/mol. The first-order valence-corrected chi connectivity index (χ1v) is 15.9. The summed E-state index contributed by atoms with van der Waals surface area (Å²) in [5.41, 5.74) is 9.33. The molecule has 4 N–H and O–H groups in total. The SMILES string of the molecule is C.Nc1c(N=Nc2ccc(S(=O)(=O)CCOSOO[O-])cc2)cc(S(=O)(=O)[O-])c(N)c1N=Nc1ccccc1S(=O)(=O)[O-].[Na+].[Na+].[Na+]. The van der Waals surface area contributed by atoms with Crippen LogP contribution in [0.15, 0.2) is 89.7 Å². The molecule has 18 nitrogen and oxygen atoms in total. The summed E-state index contributed by atoms with van der Waals surface area (Å²) in [7, 11) is -14.0. The van der Waals surface area contributed by atoms with Crippen molar-refractivity contribution < 1.29 is 142 Å². The Kier molecular flexibility index (Phi) is 21.5. The maximum absolute atomic E-state index is 12.4. The van der Waals surface area contributed by atoms with Crippen molar-refractivity contribution in [2.45, 2.75) is 22.1 Å². The van der Waals surface area contributed by atoms with Crippen LogP contribution in [0.1, 0.15) is 7.43 Å². The van der Waals surface area contributed by atoms with Gasteiger partial charge in [0.15, 0.2) is 22.2 Å². The molecule has 0 unspecified atom stereocenters. The third-order valence-corrected chi connectivity index (χ3v) is 8.82. The molecule has 0 fully saturated rings. The van der Waals surface area contributed by atoms with Crippen LogP contribution in [0.25, 0.3) is 0 Å². The van der Waals surface area contributed by atoms with Crippen molar-refractivity contribution >= 4 is 76.5 Å². The van der Waals surface area contributed by atoms with Crippen molar-refractivity contribution in [3.63, 3.8) is 0 Å². The molecule has 3 aromatic carbocycles. The van der Waals surface area contributed by atoms with Crippen LogP contribution in [0, 0.1) is 0 Å². The summed E-state index contributed by atoms with van der Waals surface area (Å²) in [5.74, 6) is -0.472. The van der Waals surface area contributed by atoms with Gasteiger partial charge < -0.3 is 25.8 Å². The third-order valence-electron chi connectivity index (χ3n) is 4.99. The largest absolute Gasteiger partial charge is 1.00 e. The first kappa shape index (κ1) is 47.5. The quantitative estimate of drug-likeness (QED) is 0.0240. The summed E-state index contributed by atoms with van der Waals surface area (Å²) in [4.78, 5) is -1.85. The molecule has 25 heteroatoms. The van der Waals surface area contributed by atoms with E-state index in [-0.39, 0.29) is 126 Å². The maximum Gasteiger partial charge on any atom is 1.00 e. The second-order valence-electron chi connectivity index (χ2n) is 7.68. The number of hydrogen-bond donors (Lipinski definition) is 2. The zero-order valence-corrected chi connectivity index (χ0v) is 32.9. The molecule has 0 spiro atoms. The van der Waals surface area contributed by atoms with Crippen LogP contribution in [0.2, 0.25) is 0 Å². The van der Waals surface area contributed by atoms with Gasteiger partial charge in [0.2, 0.25) is 0 Å². The number of nitrogens with two attached hydrogens (primary N) is 2. The van der Waals surface area contributed by atoms with Gasteiger partial charge in [0.25, 0.3) is 0 Å². The molecule has 0 aromatic heterocycles. The van der Waals surface area contributed by atoms with Gasteiger partial charge in [-0.05, 0) is 42.5 Å². The molecule has 234 valence electrons. The number of azo groups is 2. The van der Waals surface area contributed by atoms with Gasteiger partial charge in [-0.1, -0.05) is 19.6 Å². The predicted octanol–water partition coefficient (Wildman–Crippen LogP) is -6.28. The molecule has 0 aliphatic rings. The van der Waals surface area contributed by atoms with E-state index in [2.05, 4.69) is 34.0 Å². The predicted molar refractivity (Wildman–Crippen MR) is 147 cm³/mol. The van der Waals surface area contributed by atoms with Crippen LogP contribution in [-0.4, -0.2) is 46.7 Å². The summed E-state index contributed by atoms with van der Waals surface area (Å²) in [6.07, 6.45) is 0. The van der Waals surface area contributed by atoms with Crippen LogP contribution >= 0.6 is 12.3 Å². The van der Waals surface area contributed by atoms with E-state index >= 15 is 0 Å². The van der Waals surface area contributed by atoms with Crippen LogP contribution in [0.4, 0.5) is 34.1 Å². The maximum atomic E-state index is 12.4. The molecule has 3 rings (SSSR count). The average molecular weight is 747 g/mol. The zero-order chi connectivity index (χ0) is 31.1. The van der Waals surface area contributed by atoms with E-state index in [4.69, 9.17) is 11.5 Å². The number of nitrogen functional groups attached to an aromatic ring is 2. The molecule has 0 amide bonds. The summed E-state index contributed by atoms with van der Waals surface area (Å²) < 4.78 is 103. The number of anilines is 2. The standard InChI is InChI=1S/C20H20N6O12S4.CH4.3Na/c21-18-15(25-23-12-5-7-13(8-6-12)40(28,29)10-9-36-39-38-37-27)11-17(42(33,34)35)19(22)20(18)26-24-14-3-1-2-4-16(14)41(30,31)32;;;;/h1-8,11,27H,9-10,21-22H2,(H,30,31,32)(H,33,34,35);1H4;;;/q;;3*+1/p-3. The number of benzene rings is 3. The van der Waals surface area contributed by atoms with Crippen molar-refractivity contribution in [3.05, 3.63) is 54.6 Å². The first-order valence-electron chi connectivity index (χ1n) is 10.8. The van der Waals surface area contributed by atoms with E-state index in [1.807, 2.05) is 0 Å². The molecule has 0 radical (unpaired) electrons. The van der Waals surface area contributed by atoms with E-state index in [0.717, 1.165) is 18.2 Å². The molecular weight excluding hydrogens is 725 g/mol. The van der Waals surface area contributed by atoms with Gasteiger partial charge in [-0.25, -0.2) is 25.3 Å². The smallest absolute Gasteiger partial charge is 0.744 e. The van der Waals surface area contributed by atoms with Gasteiger partial charge in [-0.3, -0.25) is 9.22 Å². The van der Waals surface area contributed by atoms with Crippen LogP contribution < -0.4 is 105 Å². The Morgan fingerprint density at radius 2 is 1.30 bits per heavy atom. The molecule has 0 aliphatic carbocycles. The van der Waals surface area contributed by atoms with Crippen molar-refractivity contribution in [1.29, 1.82) is 0 Å². The summed E-state index contributed by atoms with van der Waals surface area (Å²) in [6.45, 7) is -0.336. The van der Waals surface area contributed by atoms with Gasteiger partial charge in [0.05, 0.1) is 44.1 Å². The summed E-state index contributed by atoms with van der Waals surface area (Å²) in [5, 5.41) is 27.7. The molecule has 0 aliphatic heterocycles. The third kappa shape index (κ3) is 13.4. The number of nitrogens with zero attached hydrogens (tertiary/aromatic N) is 4. The van der Waals surface area contributed by atoms with E-state index in [1.54, 1.807) is 0 Å². The number of hydrogen-bond acceptors (Lipinski definition) is 19. The summed E-state index contributed by atoms with van der Waals surface area (Å²) >= 11 is 0.154. The Hall–Kier alpha value is -0.580. The second kappa shape index (κ2) is 20.8. The van der Waals surface area contributed by atoms with Crippen LogP contribution in [0.5, 0.6) is 0 Å². The van der Waals surface area contributed by atoms with Gasteiger partial charge in [-0.15, -0.1) is 19.7 Å². The fraction of sp³-hybridized carbons (Fsp3) is 0.143. The Morgan fingerprint density at radius 1 is 0.739 bits per heavy atom. The minimum absolute atomic E-state index is 0. The normalized spacial score (nSPS) is 11.7. The first-order chi connectivity index (χ1) is 19.6. The molecule has 0 bridgehead atoms. The van der Waals surface area contributed by atoms with E-state index < -0.39 is 74.1 Å². The van der Waals surface area contributed by atoms with Gasteiger partial charge >= 0.3 is 88.7 Å². The van der Waals surface area contributed by atoms with Crippen molar-refractivity contribution in [1.82, 2.24) is 0 Å². The molecule has 0 saturated heterocycles. The Labute approximate surface area is 335 Å². The van der Waals surface area contributed by atoms with E-state index in [0.29, 0.717) is 0 Å². The molecule has 0 atom stereocenters. The van der Waals surface area contributed by atoms with Crippen molar-refractivity contribution in [2.24, 2.45) is 20.5 Å². The molecule has 0 heterocycles. The molecule has 3 aromatic rings. The molecule has 46 heavy (non-hydrogen) atoms. The van der Waals surface area contributed by atoms with Crippen molar-refractivity contribution in [3.8, 4) is 0 Å². The average Bonchev–Trinajstić information content (AvgIpc) is 2.91. The minimum Gasteiger partial charge on any atom is -0.744 e. The van der Waals surface area contributed by atoms with Gasteiger partial charge in [0.1, 0.15) is 37.3 Å². The van der Waals surface area contributed by atoms with E-state index in [9.17, 15) is 39.6 Å². The fourth-order valence-electron chi connectivity index (χ4n) is 3.07. The number of sulfone groups is 1. The summed E-state index contributed by atoms with van der Waals surface area (Å²) in [6, 6.07) is 10.3. The minimum atomic E-state index is -5.22. The molecule has 0 saturated carbocycles. The van der Waals surface area contributed by atoms with E-state index in [1.165, 1.54) is 36.4 Å². The Bertz CT molecular complexity index is 1850. The Balaban J connectivity index is 0. The zero-order valence-electron chi connectivity index (χ0n) is 23.6. The van der Waals surface area contributed by atoms with Crippen LogP contribution in [0.3, 0.4) is 0 Å².